The van der Waals surface area contributed by atoms with E-state index in [-0.39, 0.29) is 0 Å². The number of rotatable bonds is 9. The lowest BCUT2D eigenvalue weighted by Gasteiger charge is -2.18. The predicted molar refractivity (Wildman–Crippen MR) is 143 cm³/mol. The molecule has 0 saturated heterocycles. The molecule has 4 rings (SSSR count). The Kier molecular flexibility index (Phi) is 8.00. The highest BCUT2D eigenvalue weighted by atomic mass is 32.2. The second-order valence-corrected chi connectivity index (χ2v) is 9.09. The standard InChI is InChI=1S/C28H28N4O2S/c1-32(2)28-30-25(29-18-20-14-16-23(17-15-20)22-12-8-5-9-13-22)24(27(33)34-3)26(31-28)35-19-21-10-6-4-7-11-21/h4-17H,18-19H2,1-3H3,(H,29,30,31). The molecule has 1 heterocycles. The van der Waals surface area contributed by atoms with Crippen molar-refractivity contribution in [3.63, 3.8) is 0 Å². The van der Waals surface area contributed by atoms with E-state index in [4.69, 9.17) is 4.74 Å². The van der Waals surface area contributed by atoms with E-state index in [9.17, 15) is 4.79 Å². The summed E-state index contributed by atoms with van der Waals surface area (Å²) in [6.07, 6.45) is 0. The van der Waals surface area contributed by atoms with E-state index < -0.39 is 5.97 Å². The highest BCUT2D eigenvalue weighted by Gasteiger charge is 2.23. The number of benzene rings is 3. The number of esters is 1. The predicted octanol–water partition coefficient (Wildman–Crippen LogP) is 5.90. The molecule has 178 valence electrons. The summed E-state index contributed by atoms with van der Waals surface area (Å²) in [5, 5.41) is 3.93. The largest absolute Gasteiger partial charge is 0.465 e. The monoisotopic (exact) mass is 484 g/mol. The molecule has 0 bridgehead atoms. The minimum Gasteiger partial charge on any atom is -0.465 e. The van der Waals surface area contributed by atoms with Gasteiger partial charge in [0.25, 0.3) is 0 Å². The van der Waals surface area contributed by atoms with Crippen LogP contribution in [0.25, 0.3) is 11.1 Å². The summed E-state index contributed by atoms with van der Waals surface area (Å²) >= 11 is 1.49. The minimum atomic E-state index is -0.465. The third-order valence-electron chi connectivity index (χ3n) is 5.39. The Morgan fingerprint density at radius 3 is 2.11 bits per heavy atom. The summed E-state index contributed by atoms with van der Waals surface area (Å²) in [5.41, 5.74) is 4.89. The fraction of sp³-hybridized carbons (Fsp3) is 0.179. The van der Waals surface area contributed by atoms with E-state index in [1.807, 2.05) is 55.4 Å². The summed E-state index contributed by atoms with van der Waals surface area (Å²) < 4.78 is 5.10. The Labute approximate surface area is 210 Å². The molecule has 3 aromatic carbocycles. The van der Waals surface area contributed by atoms with Crippen LogP contribution in [0.15, 0.2) is 90.0 Å². The van der Waals surface area contributed by atoms with Crippen molar-refractivity contribution < 1.29 is 9.53 Å². The number of anilines is 2. The van der Waals surface area contributed by atoms with Crippen LogP contribution in [-0.4, -0.2) is 37.1 Å². The normalized spacial score (nSPS) is 10.6. The molecule has 0 saturated carbocycles. The number of thioether (sulfide) groups is 1. The number of carbonyl (C=O) groups excluding carboxylic acids is 1. The van der Waals surface area contributed by atoms with Crippen LogP contribution in [0.5, 0.6) is 0 Å². The van der Waals surface area contributed by atoms with E-state index in [1.165, 1.54) is 24.4 Å². The van der Waals surface area contributed by atoms with Gasteiger partial charge in [0.1, 0.15) is 16.4 Å². The van der Waals surface area contributed by atoms with Crippen LogP contribution in [0.1, 0.15) is 21.5 Å². The second kappa shape index (κ2) is 11.5. The van der Waals surface area contributed by atoms with Crippen molar-refractivity contribution >= 4 is 29.5 Å². The first-order chi connectivity index (χ1) is 17.0. The first kappa shape index (κ1) is 24.3. The number of nitrogens with one attached hydrogen (secondary N) is 1. The molecule has 0 aliphatic rings. The maximum atomic E-state index is 12.8. The molecule has 0 spiro atoms. The molecule has 0 fully saturated rings. The minimum absolute atomic E-state index is 0.347. The van der Waals surface area contributed by atoms with Gasteiger partial charge in [-0.25, -0.2) is 9.78 Å². The highest BCUT2D eigenvalue weighted by Crippen LogP contribution is 2.31. The van der Waals surface area contributed by atoms with Crippen molar-refractivity contribution in [3.05, 3.63) is 102 Å². The van der Waals surface area contributed by atoms with Crippen LogP contribution in [0.4, 0.5) is 11.8 Å². The maximum absolute atomic E-state index is 12.8. The van der Waals surface area contributed by atoms with Gasteiger partial charge in [0, 0.05) is 26.4 Å². The summed E-state index contributed by atoms with van der Waals surface area (Å²) in [4.78, 5) is 23.9. The molecule has 0 amide bonds. The van der Waals surface area contributed by atoms with Gasteiger partial charge in [-0.2, -0.15) is 4.98 Å². The molecule has 6 nitrogen and oxygen atoms in total. The van der Waals surface area contributed by atoms with Crippen molar-refractivity contribution in [2.45, 2.75) is 17.3 Å². The molecule has 0 aliphatic carbocycles. The Hall–Kier alpha value is -3.84. The van der Waals surface area contributed by atoms with E-state index >= 15 is 0 Å². The number of nitrogens with zero attached hydrogens (tertiary/aromatic N) is 3. The van der Waals surface area contributed by atoms with Crippen LogP contribution in [0.3, 0.4) is 0 Å². The molecule has 35 heavy (non-hydrogen) atoms. The van der Waals surface area contributed by atoms with Gasteiger partial charge in [0.05, 0.1) is 7.11 Å². The Balaban J connectivity index is 1.59. The number of hydrogen-bond acceptors (Lipinski definition) is 7. The van der Waals surface area contributed by atoms with Crippen molar-refractivity contribution in [1.82, 2.24) is 9.97 Å². The molecule has 0 aliphatic heterocycles. The van der Waals surface area contributed by atoms with Crippen LogP contribution >= 0.6 is 11.8 Å². The first-order valence-electron chi connectivity index (χ1n) is 11.3. The summed E-state index contributed by atoms with van der Waals surface area (Å²) in [7, 11) is 5.13. The van der Waals surface area contributed by atoms with Crippen molar-refractivity contribution in [3.8, 4) is 11.1 Å². The smallest absolute Gasteiger partial charge is 0.344 e. The number of carbonyl (C=O) groups is 1. The number of ether oxygens (including phenoxy) is 1. The van der Waals surface area contributed by atoms with E-state index in [1.54, 1.807) is 0 Å². The van der Waals surface area contributed by atoms with Crippen LogP contribution in [0, 0.1) is 0 Å². The van der Waals surface area contributed by atoms with Gasteiger partial charge in [-0.05, 0) is 22.3 Å². The van der Waals surface area contributed by atoms with Gasteiger partial charge < -0.3 is 15.0 Å². The third kappa shape index (κ3) is 6.19. The fourth-order valence-electron chi connectivity index (χ4n) is 3.50. The number of methoxy groups -OCH3 is 1. The number of hydrogen-bond donors (Lipinski definition) is 1. The topological polar surface area (TPSA) is 67.3 Å². The lowest BCUT2D eigenvalue weighted by atomic mass is 10.0. The maximum Gasteiger partial charge on any atom is 0.344 e. The SMILES string of the molecule is COC(=O)c1c(NCc2ccc(-c3ccccc3)cc2)nc(N(C)C)nc1SCc1ccccc1. The van der Waals surface area contributed by atoms with E-state index in [0.717, 1.165) is 16.7 Å². The second-order valence-electron chi connectivity index (χ2n) is 8.13. The molecular formula is C28H28N4O2S. The Morgan fingerprint density at radius 1 is 0.857 bits per heavy atom. The number of aromatic nitrogens is 2. The molecule has 1 aromatic heterocycles. The van der Waals surface area contributed by atoms with Gasteiger partial charge in [0.15, 0.2) is 0 Å². The summed E-state index contributed by atoms with van der Waals surface area (Å²) in [6.45, 7) is 0.506. The van der Waals surface area contributed by atoms with Crippen LogP contribution < -0.4 is 10.2 Å². The lowest BCUT2D eigenvalue weighted by Crippen LogP contribution is -2.18. The van der Waals surface area contributed by atoms with Gasteiger partial charge >= 0.3 is 5.97 Å². The first-order valence-corrected chi connectivity index (χ1v) is 12.3. The molecule has 0 radical (unpaired) electrons. The van der Waals surface area contributed by atoms with Gasteiger partial charge in [0.2, 0.25) is 5.95 Å². The average Bonchev–Trinajstić information content (AvgIpc) is 2.91. The Morgan fingerprint density at radius 2 is 1.49 bits per heavy atom. The Bertz CT molecular complexity index is 1260. The molecule has 1 N–H and O–H groups in total. The molecule has 4 aromatic rings. The molecular weight excluding hydrogens is 456 g/mol. The van der Waals surface area contributed by atoms with E-state index in [0.29, 0.717) is 34.7 Å². The highest BCUT2D eigenvalue weighted by molar-refractivity contribution is 7.98. The lowest BCUT2D eigenvalue weighted by molar-refractivity contribution is 0.0596. The van der Waals surface area contributed by atoms with Crippen molar-refractivity contribution in [2.75, 3.05) is 31.4 Å². The molecule has 0 atom stereocenters. The zero-order valence-electron chi connectivity index (χ0n) is 20.1. The zero-order chi connectivity index (χ0) is 24.6. The summed E-state index contributed by atoms with van der Waals surface area (Å²) in [6, 6.07) is 28.7. The molecule has 7 heteroatoms. The molecule has 0 unspecified atom stereocenters. The third-order valence-corrected chi connectivity index (χ3v) is 6.44. The van der Waals surface area contributed by atoms with Gasteiger partial charge in [-0.3, -0.25) is 0 Å². The van der Waals surface area contributed by atoms with Crippen LogP contribution in [-0.2, 0) is 17.0 Å². The van der Waals surface area contributed by atoms with Gasteiger partial charge in [-0.15, -0.1) is 11.8 Å². The zero-order valence-corrected chi connectivity index (χ0v) is 20.9. The summed E-state index contributed by atoms with van der Waals surface area (Å²) in [5.74, 6) is 1.19. The fourth-order valence-corrected chi connectivity index (χ4v) is 4.47. The quantitative estimate of drug-likeness (QED) is 0.180. The average molecular weight is 485 g/mol. The van der Waals surface area contributed by atoms with Crippen LogP contribution in [0.2, 0.25) is 0 Å². The van der Waals surface area contributed by atoms with Gasteiger partial charge in [-0.1, -0.05) is 84.9 Å². The van der Waals surface area contributed by atoms with Crippen molar-refractivity contribution in [1.29, 1.82) is 0 Å². The van der Waals surface area contributed by atoms with Crippen molar-refractivity contribution in [2.24, 2.45) is 0 Å². The van der Waals surface area contributed by atoms with E-state index in [2.05, 4.69) is 63.8 Å².